The Morgan fingerprint density at radius 2 is 2.00 bits per heavy atom. The molecule has 2 heterocycles. The highest BCUT2D eigenvalue weighted by Crippen LogP contribution is 2.20. The molecule has 0 aliphatic carbocycles. The summed E-state index contributed by atoms with van der Waals surface area (Å²) in [5.74, 6) is -0.0169. The molecule has 6 heteroatoms. The highest BCUT2D eigenvalue weighted by Gasteiger charge is 2.31. The zero-order valence-corrected chi connectivity index (χ0v) is 13.7. The van der Waals surface area contributed by atoms with Crippen LogP contribution in [0.3, 0.4) is 0 Å². The molecular weight excluding hydrogens is 318 g/mol. The van der Waals surface area contributed by atoms with Gasteiger partial charge in [0.15, 0.2) is 6.10 Å². The third kappa shape index (κ3) is 2.76. The summed E-state index contributed by atoms with van der Waals surface area (Å²) in [6.45, 7) is 0.277. The molecule has 6 nitrogen and oxygen atoms in total. The Balaban J connectivity index is 1.47. The van der Waals surface area contributed by atoms with Crippen molar-refractivity contribution >= 4 is 22.9 Å². The highest BCUT2D eigenvalue weighted by molar-refractivity contribution is 5.95. The molecule has 4 rings (SSSR count). The number of hydrogen-bond acceptors (Lipinski definition) is 4. The van der Waals surface area contributed by atoms with Crippen LogP contribution >= 0.6 is 0 Å². The number of nitrogens with one attached hydrogen (secondary N) is 1. The summed E-state index contributed by atoms with van der Waals surface area (Å²) in [4.78, 5) is 29.0. The first-order valence-corrected chi connectivity index (χ1v) is 8.10. The molecule has 2 aromatic carbocycles. The van der Waals surface area contributed by atoms with Crippen molar-refractivity contribution in [1.82, 2.24) is 14.9 Å². The Hall–Kier alpha value is -3.15. The number of nitrogens with zero attached hydrogens (tertiary/aromatic N) is 2. The number of imidazole rings is 1. The number of carbonyl (C=O) groups is 2. The van der Waals surface area contributed by atoms with Gasteiger partial charge < -0.3 is 14.6 Å². The van der Waals surface area contributed by atoms with Gasteiger partial charge >= 0.3 is 5.97 Å². The maximum absolute atomic E-state index is 12.4. The van der Waals surface area contributed by atoms with Crippen LogP contribution in [0.5, 0.6) is 0 Å². The van der Waals surface area contributed by atoms with Crippen LogP contribution < -0.4 is 5.32 Å². The Labute approximate surface area is 144 Å². The van der Waals surface area contributed by atoms with Gasteiger partial charge in [0.2, 0.25) is 0 Å². The van der Waals surface area contributed by atoms with Crippen molar-refractivity contribution in [2.75, 3.05) is 0 Å². The number of para-hydroxylation sites is 2. The summed E-state index contributed by atoms with van der Waals surface area (Å²) in [6.07, 6.45) is -0.423. The first-order valence-electron chi connectivity index (χ1n) is 8.10. The third-order valence-electron chi connectivity index (χ3n) is 4.48. The van der Waals surface area contributed by atoms with Gasteiger partial charge in [-0.1, -0.05) is 30.3 Å². The molecule has 0 spiro atoms. The van der Waals surface area contributed by atoms with Crippen LogP contribution in [0, 0.1) is 0 Å². The average molecular weight is 335 g/mol. The second-order valence-corrected chi connectivity index (χ2v) is 6.05. The minimum absolute atomic E-state index is 0.277. The molecular formula is C19H17N3O3. The van der Waals surface area contributed by atoms with Crippen molar-refractivity contribution in [3.05, 3.63) is 65.5 Å². The van der Waals surface area contributed by atoms with Gasteiger partial charge in [-0.2, -0.15) is 0 Å². The van der Waals surface area contributed by atoms with Crippen molar-refractivity contribution in [3.63, 3.8) is 0 Å². The lowest BCUT2D eigenvalue weighted by Crippen LogP contribution is -2.41. The number of amides is 1. The Morgan fingerprint density at radius 1 is 1.24 bits per heavy atom. The number of ether oxygens (including phenoxy) is 1. The summed E-state index contributed by atoms with van der Waals surface area (Å²) in [7, 11) is 1.91. The zero-order chi connectivity index (χ0) is 17.4. The number of aryl methyl sites for hydroxylation is 1. The van der Waals surface area contributed by atoms with E-state index < -0.39 is 12.1 Å². The van der Waals surface area contributed by atoms with Crippen LogP contribution in [0.1, 0.15) is 21.7 Å². The van der Waals surface area contributed by atoms with Gasteiger partial charge in [-0.15, -0.1) is 0 Å². The smallest absolute Gasteiger partial charge is 0.339 e. The van der Waals surface area contributed by atoms with Gasteiger partial charge in [-0.05, 0) is 23.8 Å². The lowest BCUT2D eigenvalue weighted by molar-refractivity contribution is -0.130. The summed E-state index contributed by atoms with van der Waals surface area (Å²) < 4.78 is 7.22. The molecule has 25 heavy (non-hydrogen) atoms. The number of aromatic nitrogens is 2. The molecule has 0 unspecified atom stereocenters. The summed E-state index contributed by atoms with van der Waals surface area (Å²) in [5.41, 5.74) is 3.25. The maximum atomic E-state index is 12.4. The second-order valence-electron chi connectivity index (χ2n) is 6.05. The molecule has 0 fully saturated rings. The van der Waals surface area contributed by atoms with Gasteiger partial charge in [0.25, 0.3) is 5.91 Å². The van der Waals surface area contributed by atoms with E-state index in [4.69, 9.17) is 4.74 Å². The summed E-state index contributed by atoms with van der Waals surface area (Å²) >= 11 is 0. The molecule has 0 saturated heterocycles. The number of rotatable bonds is 3. The van der Waals surface area contributed by atoms with Crippen molar-refractivity contribution in [2.24, 2.45) is 7.05 Å². The molecule has 1 amide bonds. The van der Waals surface area contributed by atoms with E-state index in [1.807, 2.05) is 48.0 Å². The predicted molar refractivity (Wildman–Crippen MR) is 91.9 cm³/mol. The summed E-state index contributed by atoms with van der Waals surface area (Å²) in [6, 6.07) is 15.0. The Kier molecular flexibility index (Phi) is 3.72. The van der Waals surface area contributed by atoms with Crippen LogP contribution in [0.15, 0.2) is 48.5 Å². The molecule has 0 saturated carbocycles. The minimum Gasteiger partial charge on any atom is -0.448 e. The predicted octanol–water partition coefficient (Wildman–Crippen LogP) is 1.97. The zero-order valence-electron chi connectivity index (χ0n) is 13.7. The monoisotopic (exact) mass is 335 g/mol. The standard InChI is InChI=1S/C19H17N3O3/c1-22-15-9-5-4-8-14(15)21-17(22)11-20-18(23)16-10-12-6-2-3-7-13(12)19(24)25-16/h2-9,16H,10-11H2,1H3,(H,20,23)/t16-/m1/s1. The van der Waals surface area contributed by atoms with Crippen molar-refractivity contribution in [2.45, 2.75) is 19.1 Å². The molecule has 1 N–H and O–H groups in total. The fraction of sp³-hybridized carbons (Fsp3) is 0.211. The first kappa shape index (κ1) is 15.4. The summed E-state index contributed by atoms with van der Waals surface area (Å²) in [5, 5.41) is 2.82. The van der Waals surface area contributed by atoms with E-state index in [1.54, 1.807) is 12.1 Å². The first-order chi connectivity index (χ1) is 12.1. The van der Waals surface area contributed by atoms with Crippen molar-refractivity contribution < 1.29 is 14.3 Å². The van der Waals surface area contributed by atoms with E-state index in [9.17, 15) is 9.59 Å². The lowest BCUT2D eigenvalue weighted by Gasteiger charge is -2.23. The SMILES string of the molecule is Cn1c(CNC(=O)[C@H]2Cc3ccccc3C(=O)O2)nc2ccccc21. The van der Waals surface area contributed by atoms with Crippen LogP contribution in [-0.2, 0) is 29.5 Å². The van der Waals surface area contributed by atoms with E-state index in [2.05, 4.69) is 10.3 Å². The maximum Gasteiger partial charge on any atom is 0.339 e. The van der Waals surface area contributed by atoms with Gasteiger partial charge in [0.05, 0.1) is 23.1 Å². The van der Waals surface area contributed by atoms with Crippen LogP contribution in [-0.4, -0.2) is 27.5 Å². The Bertz CT molecular complexity index is 977. The average Bonchev–Trinajstić information content (AvgIpc) is 2.96. The van der Waals surface area contributed by atoms with E-state index in [0.29, 0.717) is 12.0 Å². The van der Waals surface area contributed by atoms with Crippen LogP contribution in [0.2, 0.25) is 0 Å². The van der Waals surface area contributed by atoms with Crippen LogP contribution in [0.4, 0.5) is 0 Å². The van der Waals surface area contributed by atoms with Crippen molar-refractivity contribution in [1.29, 1.82) is 0 Å². The second kappa shape index (κ2) is 6.05. The highest BCUT2D eigenvalue weighted by atomic mass is 16.5. The van der Waals surface area contributed by atoms with E-state index in [0.717, 1.165) is 22.4 Å². The van der Waals surface area contributed by atoms with E-state index in [-0.39, 0.29) is 12.5 Å². The third-order valence-corrected chi connectivity index (χ3v) is 4.48. The van der Waals surface area contributed by atoms with Gasteiger partial charge in [0.1, 0.15) is 5.82 Å². The molecule has 1 atom stereocenters. The quantitative estimate of drug-likeness (QED) is 0.743. The van der Waals surface area contributed by atoms with Crippen molar-refractivity contribution in [3.8, 4) is 0 Å². The normalized spacial score (nSPS) is 16.4. The molecule has 1 aromatic heterocycles. The number of cyclic esters (lactones) is 1. The number of benzene rings is 2. The molecule has 1 aliphatic heterocycles. The molecule has 3 aromatic rings. The van der Waals surface area contributed by atoms with Gasteiger partial charge in [-0.3, -0.25) is 4.79 Å². The largest absolute Gasteiger partial charge is 0.448 e. The number of carbonyl (C=O) groups excluding carboxylic acids is 2. The number of fused-ring (bicyclic) bond motifs is 2. The molecule has 1 aliphatic rings. The fourth-order valence-corrected chi connectivity index (χ4v) is 3.11. The van der Waals surface area contributed by atoms with Gasteiger partial charge in [0, 0.05) is 13.5 Å². The number of hydrogen-bond donors (Lipinski definition) is 1. The molecule has 0 radical (unpaired) electrons. The molecule has 126 valence electrons. The van der Waals surface area contributed by atoms with E-state index in [1.165, 1.54) is 0 Å². The number of esters is 1. The van der Waals surface area contributed by atoms with Gasteiger partial charge in [-0.25, -0.2) is 9.78 Å². The van der Waals surface area contributed by atoms with Crippen LogP contribution in [0.25, 0.3) is 11.0 Å². The lowest BCUT2D eigenvalue weighted by atomic mass is 9.98. The minimum atomic E-state index is -0.808. The van der Waals surface area contributed by atoms with E-state index >= 15 is 0 Å². The topological polar surface area (TPSA) is 73.2 Å². The fourth-order valence-electron chi connectivity index (χ4n) is 3.11. The molecule has 0 bridgehead atoms. The Morgan fingerprint density at radius 3 is 2.84 bits per heavy atom.